The number of rotatable bonds is 3. The van der Waals surface area contributed by atoms with E-state index in [0.717, 1.165) is 37.4 Å². The van der Waals surface area contributed by atoms with Crippen molar-refractivity contribution in [1.82, 2.24) is 10.2 Å². The van der Waals surface area contributed by atoms with Gasteiger partial charge in [-0.05, 0) is 56.0 Å². The van der Waals surface area contributed by atoms with Gasteiger partial charge in [0.25, 0.3) is 0 Å². The van der Waals surface area contributed by atoms with Gasteiger partial charge in [0.1, 0.15) is 0 Å². The summed E-state index contributed by atoms with van der Waals surface area (Å²) in [7, 11) is 0. The maximum Gasteiger partial charge on any atom is 0.238 e. The van der Waals surface area contributed by atoms with Crippen molar-refractivity contribution >= 4 is 35.6 Å². The predicted octanol–water partition coefficient (Wildman–Crippen LogP) is 2.69. The molecule has 4 nitrogen and oxygen atoms in total. The fourth-order valence-electron chi connectivity index (χ4n) is 3.44. The zero-order valence-corrected chi connectivity index (χ0v) is 14.4. The lowest BCUT2D eigenvalue weighted by atomic mass is 9.87. The summed E-state index contributed by atoms with van der Waals surface area (Å²) in [5.74, 6) is 0.0448. The Labute approximate surface area is 143 Å². The van der Waals surface area contributed by atoms with E-state index in [9.17, 15) is 4.79 Å². The molecule has 2 fully saturated rings. The van der Waals surface area contributed by atoms with Crippen LogP contribution in [0.5, 0.6) is 0 Å². The van der Waals surface area contributed by atoms with Crippen molar-refractivity contribution < 1.29 is 4.79 Å². The number of carbonyl (C=O) groups excluding carboxylic acids is 1. The summed E-state index contributed by atoms with van der Waals surface area (Å²) in [5.41, 5.74) is 2.14. The summed E-state index contributed by atoms with van der Waals surface area (Å²) >= 11 is 6.08. The smallest absolute Gasteiger partial charge is 0.238 e. The SMILES string of the molecule is Cc1c(Cl)cccc1NC(=O)CN1CCC2(CCNC2)C1.Cl. The fraction of sp³-hybridized carbons (Fsp3) is 0.562. The molecule has 1 aromatic carbocycles. The quantitative estimate of drug-likeness (QED) is 0.886. The molecular formula is C16H23Cl2N3O. The number of hydrogen-bond acceptors (Lipinski definition) is 3. The van der Waals surface area contributed by atoms with E-state index in [4.69, 9.17) is 11.6 Å². The van der Waals surface area contributed by atoms with E-state index < -0.39 is 0 Å². The van der Waals surface area contributed by atoms with Crippen molar-refractivity contribution in [3.8, 4) is 0 Å². The lowest BCUT2D eigenvalue weighted by Gasteiger charge is -2.22. The van der Waals surface area contributed by atoms with E-state index in [1.54, 1.807) is 0 Å². The average Bonchev–Trinajstić information content (AvgIpc) is 3.06. The molecule has 22 heavy (non-hydrogen) atoms. The van der Waals surface area contributed by atoms with Crippen molar-refractivity contribution in [2.45, 2.75) is 19.8 Å². The highest BCUT2D eigenvalue weighted by atomic mass is 35.5. The molecular weight excluding hydrogens is 321 g/mol. The number of benzene rings is 1. The van der Waals surface area contributed by atoms with Gasteiger partial charge in [-0.1, -0.05) is 17.7 Å². The molecule has 0 saturated carbocycles. The molecule has 3 rings (SSSR count). The lowest BCUT2D eigenvalue weighted by Crippen LogP contribution is -2.34. The maximum absolute atomic E-state index is 12.2. The molecule has 1 amide bonds. The number of likely N-dealkylation sites (tertiary alicyclic amines) is 1. The Bertz CT molecular complexity index is 544. The Morgan fingerprint density at radius 3 is 3.00 bits per heavy atom. The molecule has 0 radical (unpaired) electrons. The lowest BCUT2D eigenvalue weighted by molar-refractivity contribution is -0.117. The molecule has 122 valence electrons. The zero-order chi connectivity index (χ0) is 14.9. The Balaban J connectivity index is 0.00000176. The normalized spacial score (nSPS) is 24.5. The second-order valence-corrected chi connectivity index (χ2v) is 6.76. The van der Waals surface area contributed by atoms with Gasteiger partial charge in [-0.15, -0.1) is 12.4 Å². The second kappa shape index (κ2) is 7.18. The maximum atomic E-state index is 12.2. The van der Waals surface area contributed by atoms with E-state index in [2.05, 4.69) is 15.5 Å². The first-order valence-electron chi connectivity index (χ1n) is 7.56. The van der Waals surface area contributed by atoms with Gasteiger partial charge in [0.15, 0.2) is 0 Å². The van der Waals surface area contributed by atoms with Crippen LogP contribution in [0.3, 0.4) is 0 Å². The summed E-state index contributed by atoms with van der Waals surface area (Å²) in [5, 5.41) is 7.10. The number of halogens is 2. The summed E-state index contributed by atoms with van der Waals surface area (Å²) in [6.45, 7) is 6.65. The number of nitrogens with zero attached hydrogens (tertiary/aromatic N) is 1. The predicted molar refractivity (Wildman–Crippen MR) is 93.0 cm³/mol. The van der Waals surface area contributed by atoms with E-state index in [1.165, 1.54) is 12.8 Å². The van der Waals surface area contributed by atoms with Gasteiger partial charge >= 0.3 is 0 Å². The van der Waals surface area contributed by atoms with Crippen molar-refractivity contribution in [2.75, 3.05) is 38.0 Å². The van der Waals surface area contributed by atoms with Gasteiger partial charge in [-0.2, -0.15) is 0 Å². The Hall–Kier alpha value is -0.810. The topological polar surface area (TPSA) is 44.4 Å². The van der Waals surface area contributed by atoms with Crippen LogP contribution in [0.1, 0.15) is 18.4 Å². The molecule has 1 spiro atoms. The van der Waals surface area contributed by atoms with Gasteiger partial charge in [0.05, 0.1) is 6.54 Å². The Morgan fingerprint density at radius 2 is 2.27 bits per heavy atom. The fourth-order valence-corrected chi connectivity index (χ4v) is 3.62. The van der Waals surface area contributed by atoms with E-state index >= 15 is 0 Å². The van der Waals surface area contributed by atoms with Gasteiger partial charge in [-0.3, -0.25) is 9.69 Å². The molecule has 2 aliphatic heterocycles. The molecule has 2 N–H and O–H groups in total. The van der Waals surface area contributed by atoms with Crippen LogP contribution in [-0.4, -0.2) is 43.5 Å². The van der Waals surface area contributed by atoms with Crippen molar-refractivity contribution in [2.24, 2.45) is 5.41 Å². The molecule has 2 saturated heterocycles. The monoisotopic (exact) mass is 343 g/mol. The first-order valence-corrected chi connectivity index (χ1v) is 7.94. The number of hydrogen-bond donors (Lipinski definition) is 2. The molecule has 2 heterocycles. The largest absolute Gasteiger partial charge is 0.325 e. The second-order valence-electron chi connectivity index (χ2n) is 6.35. The van der Waals surface area contributed by atoms with Crippen LogP contribution in [0.25, 0.3) is 0 Å². The molecule has 0 aliphatic carbocycles. The van der Waals surface area contributed by atoms with Gasteiger partial charge < -0.3 is 10.6 Å². The van der Waals surface area contributed by atoms with Crippen molar-refractivity contribution in [3.05, 3.63) is 28.8 Å². The molecule has 6 heteroatoms. The van der Waals surface area contributed by atoms with Crippen LogP contribution in [0.15, 0.2) is 18.2 Å². The third-order valence-electron chi connectivity index (χ3n) is 4.76. The van der Waals surface area contributed by atoms with Crippen LogP contribution in [0, 0.1) is 12.3 Å². The Kier molecular flexibility index (Phi) is 5.72. The minimum absolute atomic E-state index is 0. The van der Waals surface area contributed by atoms with Gasteiger partial charge in [-0.25, -0.2) is 0 Å². The molecule has 0 aromatic heterocycles. The summed E-state index contributed by atoms with van der Waals surface area (Å²) in [6.07, 6.45) is 2.43. The molecule has 1 aromatic rings. The van der Waals surface area contributed by atoms with Crippen LogP contribution in [0.2, 0.25) is 5.02 Å². The first kappa shape index (κ1) is 17.5. The standard InChI is InChI=1S/C16H22ClN3O.ClH/c1-12-13(17)3-2-4-14(12)19-15(21)9-20-8-6-16(11-20)5-7-18-10-16;/h2-4,18H,5-11H2,1H3,(H,19,21);1H. The number of amides is 1. The van der Waals surface area contributed by atoms with Crippen LogP contribution in [0.4, 0.5) is 5.69 Å². The average molecular weight is 344 g/mol. The first-order chi connectivity index (χ1) is 10.1. The number of anilines is 1. The van der Waals surface area contributed by atoms with E-state index in [-0.39, 0.29) is 18.3 Å². The van der Waals surface area contributed by atoms with E-state index in [0.29, 0.717) is 17.0 Å². The van der Waals surface area contributed by atoms with Crippen LogP contribution < -0.4 is 10.6 Å². The van der Waals surface area contributed by atoms with Crippen LogP contribution >= 0.6 is 24.0 Å². The minimum atomic E-state index is 0. The number of nitrogens with one attached hydrogen (secondary N) is 2. The molecule has 2 aliphatic rings. The van der Waals surface area contributed by atoms with Gasteiger partial charge in [0.2, 0.25) is 5.91 Å². The summed E-state index contributed by atoms with van der Waals surface area (Å²) in [4.78, 5) is 14.5. The van der Waals surface area contributed by atoms with Crippen molar-refractivity contribution in [3.63, 3.8) is 0 Å². The third kappa shape index (κ3) is 3.74. The molecule has 0 bridgehead atoms. The van der Waals surface area contributed by atoms with Crippen LogP contribution in [-0.2, 0) is 4.79 Å². The van der Waals surface area contributed by atoms with E-state index in [1.807, 2.05) is 25.1 Å². The van der Waals surface area contributed by atoms with Crippen molar-refractivity contribution in [1.29, 1.82) is 0 Å². The zero-order valence-electron chi connectivity index (χ0n) is 12.8. The number of carbonyl (C=O) groups is 1. The van der Waals surface area contributed by atoms with Gasteiger partial charge in [0, 0.05) is 23.8 Å². The highest BCUT2D eigenvalue weighted by molar-refractivity contribution is 6.31. The molecule has 1 unspecified atom stereocenters. The Morgan fingerprint density at radius 1 is 1.45 bits per heavy atom. The highest BCUT2D eigenvalue weighted by Crippen LogP contribution is 2.35. The molecule has 1 atom stereocenters. The highest BCUT2D eigenvalue weighted by Gasteiger charge is 2.40. The summed E-state index contributed by atoms with van der Waals surface area (Å²) < 4.78 is 0. The minimum Gasteiger partial charge on any atom is -0.325 e. The summed E-state index contributed by atoms with van der Waals surface area (Å²) in [6, 6.07) is 5.59. The third-order valence-corrected chi connectivity index (χ3v) is 5.17.